The molecule has 2 aliphatic heterocycles. The van der Waals surface area contributed by atoms with E-state index in [1.807, 2.05) is 0 Å². The summed E-state index contributed by atoms with van der Waals surface area (Å²) in [6.07, 6.45) is 3.26. The van der Waals surface area contributed by atoms with E-state index in [1.54, 1.807) is 13.2 Å². The third kappa shape index (κ3) is 5.18. The molecule has 7 nitrogen and oxygen atoms in total. The van der Waals surface area contributed by atoms with E-state index in [4.69, 9.17) is 9.47 Å². The smallest absolute Gasteiger partial charge is 0.270 e. The van der Waals surface area contributed by atoms with E-state index in [1.165, 1.54) is 17.5 Å². The first-order valence-corrected chi connectivity index (χ1v) is 10.2. The van der Waals surface area contributed by atoms with Gasteiger partial charge in [0.15, 0.2) is 0 Å². The number of hydrogen-bond acceptors (Lipinski definition) is 6. The van der Waals surface area contributed by atoms with Crippen molar-refractivity contribution in [1.29, 1.82) is 0 Å². The van der Waals surface area contributed by atoms with Gasteiger partial charge in [-0.15, -0.1) is 0 Å². The van der Waals surface area contributed by atoms with Gasteiger partial charge in [0, 0.05) is 44.9 Å². The maximum absolute atomic E-state index is 12.5. The highest BCUT2D eigenvalue weighted by molar-refractivity contribution is 5.92. The van der Waals surface area contributed by atoms with Gasteiger partial charge in [-0.2, -0.15) is 0 Å². The van der Waals surface area contributed by atoms with Crippen molar-refractivity contribution in [1.82, 2.24) is 20.2 Å². The monoisotopic (exact) mass is 396 g/mol. The zero-order chi connectivity index (χ0) is 20.1. The molecular formula is C22H28N4O3. The second kappa shape index (κ2) is 9.43. The molecule has 2 aromatic rings. The highest BCUT2D eigenvalue weighted by Crippen LogP contribution is 2.19. The Morgan fingerprint density at radius 3 is 2.90 bits per heavy atom. The molecule has 1 unspecified atom stereocenters. The van der Waals surface area contributed by atoms with Gasteiger partial charge in [0.25, 0.3) is 5.91 Å². The van der Waals surface area contributed by atoms with Crippen LogP contribution in [0.2, 0.25) is 0 Å². The van der Waals surface area contributed by atoms with Crippen molar-refractivity contribution < 1.29 is 14.3 Å². The lowest BCUT2D eigenvalue weighted by Gasteiger charge is -2.31. The first-order chi connectivity index (χ1) is 14.2. The number of amides is 1. The van der Waals surface area contributed by atoms with E-state index in [0.29, 0.717) is 18.2 Å². The summed E-state index contributed by atoms with van der Waals surface area (Å²) in [5.41, 5.74) is 4.09. The van der Waals surface area contributed by atoms with Crippen molar-refractivity contribution in [3.63, 3.8) is 0 Å². The molecule has 1 aromatic heterocycles. The largest absolute Gasteiger partial charge is 0.381 e. The summed E-state index contributed by atoms with van der Waals surface area (Å²) in [7, 11) is 1.69. The second-order valence-corrected chi connectivity index (χ2v) is 7.82. The molecular weight excluding hydrogens is 368 g/mol. The SMILES string of the molecule is COC(CNC(=O)c1cc(CC2COC2)ncn1)CN1CCc2ccccc2C1. The molecule has 1 N–H and O–H groups in total. The fourth-order valence-electron chi connectivity index (χ4n) is 3.85. The number of rotatable bonds is 8. The molecule has 154 valence electrons. The molecule has 2 aliphatic rings. The maximum Gasteiger partial charge on any atom is 0.270 e. The van der Waals surface area contributed by atoms with E-state index in [2.05, 4.69) is 44.5 Å². The molecule has 7 heteroatoms. The third-order valence-corrected chi connectivity index (χ3v) is 5.66. The normalized spacial score (nSPS) is 18.0. The maximum atomic E-state index is 12.5. The van der Waals surface area contributed by atoms with Crippen LogP contribution in [0.3, 0.4) is 0 Å². The van der Waals surface area contributed by atoms with Crippen LogP contribution >= 0.6 is 0 Å². The summed E-state index contributed by atoms with van der Waals surface area (Å²) in [4.78, 5) is 23.3. The van der Waals surface area contributed by atoms with Crippen molar-refractivity contribution in [3.8, 4) is 0 Å². The molecule has 4 rings (SSSR count). The summed E-state index contributed by atoms with van der Waals surface area (Å²) >= 11 is 0. The van der Waals surface area contributed by atoms with Gasteiger partial charge in [-0.05, 0) is 30.0 Å². The molecule has 0 radical (unpaired) electrons. The number of hydrogen-bond donors (Lipinski definition) is 1. The lowest BCUT2D eigenvalue weighted by Crippen LogP contribution is -2.43. The Bertz CT molecular complexity index is 840. The van der Waals surface area contributed by atoms with Crippen LogP contribution in [0.4, 0.5) is 0 Å². The van der Waals surface area contributed by atoms with Gasteiger partial charge in [-0.3, -0.25) is 9.69 Å². The number of nitrogens with zero attached hydrogens (tertiary/aromatic N) is 3. The van der Waals surface area contributed by atoms with Gasteiger partial charge in [0.05, 0.1) is 19.3 Å². The zero-order valence-corrected chi connectivity index (χ0v) is 16.8. The average molecular weight is 396 g/mol. The fourth-order valence-corrected chi connectivity index (χ4v) is 3.85. The van der Waals surface area contributed by atoms with Gasteiger partial charge in [-0.1, -0.05) is 24.3 Å². The van der Waals surface area contributed by atoms with Gasteiger partial charge < -0.3 is 14.8 Å². The zero-order valence-electron chi connectivity index (χ0n) is 16.8. The number of ether oxygens (including phenoxy) is 2. The molecule has 0 spiro atoms. The molecule has 1 amide bonds. The van der Waals surface area contributed by atoms with Gasteiger partial charge in [0.2, 0.25) is 0 Å². The van der Waals surface area contributed by atoms with Crippen molar-refractivity contribution >= 4 is 5.91 Å². The minimum absolute atomic E-state index is 0.0716. The third-order valence-electron chi connectivity index (χ3n) is 5.66. The molecule has 29 heavy (non-hydrogen) atoms. The van der Waals surface area contributed by atoms with E-state index < -0.39 is 0 Å². The lowest BCUT2D eigenvalue weighted by atomic mass is 10.00. The Morgan fingerprint density at radius 1 is 1.31 bits per heavy atom. The number of carbonyl (C=O) groups is 1. The van der Waals surface area contributed by atoms with Gasteiger partial charge in [0.1, 0.15) is 12.0 Å². The Balaban J connectivity index is 1.28. The van der Waals surface area contributed by atoms with Gasteiger partial charge >= 0.3 is 0 Å². The Kier molecular flexibility index (Phi) is 6.49. The van der Waals surface area contributed by atoms with Crippen LogP contribution in [-0.2, 0) is 28.9 Å². The lowest BCUT2D eigenvalue weighted by molar-refractivity contribution is -0.0316. The topological polar surface area (TPSA) is 76.6 Å². The standard InChI is InChI=1S/C22H28N4O3/c1-28-20(12-26-7-6-17-4-2-3-5-18(17)11-26)10-23-22(27)21-9-19(24-15-25-21)8-16-13-29-14-16/h2-5,9,15-16,20H,6-8,10-14H2,1H3,(H,23,27). The highest BCUT2D eigenvalue weighted by atomic mass is 16.5. The van der Waals surface area contributed by atoms with E-state index >= 15 is 0 Å². The van der Waals surface area contributed by atoms with Crippen LogP contribution in [-0.4, -0.2) is 66.8 Å². The molecule has 1 aromatic carbocycles. The molecule has 0 bridgehead atoms. The summed E-state index contributed by atoms with van der Waals surface area (Å²) in [6, 6.07) is 10.4. The number of methoxy groups -OCH3 is 1. The van der Waals surface area contributed by atoms with Crippen LogP contribution in [0.15, 0.2) is 36.7 Å². The van der Waals surface area contributed by atoms with Crippen LogP contribution in [0.1, 0.15) is 27.3 Å². The van der Waals surface area contributed by atoms with Crippen LogP contribution < -0.4 is 5.32 Å². The number of benzene rings is 1. The molecule has 0 aliphatic carbocycles. The van der Waals surface area contributed by atoms with E-state index in [-0.39, 0.29) is 12.0 Å². The Hall–Kier alpha value is -2.35. The number of carbonyl (C=O) groups excluding carboxylic acids is 1. The summed E-state index contributed by atoms with van der Waals surface area (Å²) in [5.74, 6) is 0.304. The van der Waals surface area contributed by atoms with E-state index in [9.17, 15) is 4.79 Å². The van der Waals surface area contributed by atoms with Crippen LogP contribution in [0.25, 0.3) is 0 Å². The van der Waals surface area contributed by atoms with Crippen molar-refractivity contribution in [2.75, 3.05) is 40.0 Å². The molecule has 1 atom stereocenters. The Labute approximate surface area is 171 Å². The Morgan fingerprint density at radius 2 is 2.14 bits per heavy atom. The number of aromatic nitrogens is 2. The summed E-state index contributed by atoms with van der Waals surface area (Å²) in [5, 5.41) is 2.96. The number of nitrogens with one attached hydrogen (secondary N) is 1. The quantitative estimate of drug-likeness (QED) is 0.728. The second-order valence-electron chi connectivity index (χ2n) is 7.82. The average Bonchev–Trinajstić information content (AvgIpc) is 2.73. The summed E-state index contributed by atoms with van der Waals surface area (Å²) < 4.78 is 10.8. The first kappa shape index (κ1) is 19.9. The molecule has 1 saturated heterocycles. The minimum atomic E-state index is -0.190. The van der Waals surface area contributed by atoms with Crippen molar-refractivity contribution in [2.24, 2.45) is 5.92 Å². The van der Waals surface area contributed by atoms with Crippen molar-refractivity contribution in [2.45, 2.75) is 25.5 Å². The molecule has 1 fully saturated rings. The predicted molar refractivity (Wildman–Crippen MR) is 109 cm³/mol. The highest BCUT2D eigenvalue weighted by Gasteiger charge is 2.22. The number of fused-ring (bicyclic) bond motifs is 1. The first-order valence-electron chi connectivity index (χ1n) is 10.2. The minimum Gasteiger partial charge on any atom is -0.381 e. The molecule has 0 saturated carbocycles. The summed E-state index contributed by atoms with van der Waals surface area (Å²) in [6.45, 7) is 4.68. The van der Waals surface area contributed by atoms with Crippen molar-refractivity contribution in [3.05, 3.63) is 59.2 Å². The van der Waals surface area contributed by atoms with Crippen LogP contribution in [0, 0.1) is 5.92 Å². The van der Waals surface area contributed by atoms with Gasteiger partial charge in [-0.25, -0.2) is 9.97 Å². The van der Waals surface area contributed by atoms with E-state index in [0.717, 1.165) is 51.4 Å². The fraction of sp³-hybridized carbons (Fsp3) is 0.500. The predicted octanol–water partition coefficient (Wildman–Crippen LogP) is 1.47. The molecule has 3 heterocycles. The van der Waals surface area contributed by atoms with Crippen LogP contribution in [0.5, 0.6) is 0 Å².